The van der Waals surface area contributed by atoms with Crippen molar-refractivity contribution < 1.29 is 57.1 Å². The first kappa shape index (κ1) is 23.7. The molecule has 3 rings (SSSR count). The number of phenols is 3. The molecule has 0 amide bonds. The number of para-hydroxylation sites is 3. The van der Waals surface area contributed by atoms with Gasteiger partial charge in [-0.1, -0.05) is 54.6 Å². The molecule has 0 fully saturated rings. The van der Waals surface area contributed by atoms with Crippen molar-refractivity contribution in [2.75, 3.05) is 0 Å². The molecule has 0 saturated carbocycles. The van der Waals surface area contributed by atoms with Crippen molar-refractivity contribution in [3.8, 4) is 17.2 Å². The first-order valence-corrected chi connectivity index (χ1v) is 6.40. The van der Waals surface area contributed by atoms with Gasteiger partial charge in [-0.05, 0) is 36.4 Å². The summed E-state index contributed by atoms with van der Waals surface area (Å²) in [6.07, 6.45) is 0. The average molecular weight is 438 g/mol. The number of hydrogen-bond acceptors (Lipinski definition) is 3. The minimum Gasteiger partial charge on any atom is -0.693 e. The number of rotatable bonds is 0. The van der Waals surface area contributed by atoms with Gasteiger partial charge in [0.1, 0.15) is 17.2 Å². The fraction of sp³-hybridized carbons (Fsp3) is 0. The van der Waals surface area contributed by atoms with E-state index in [0.29, 0.717) is 17.2 Å². The van der Waals surface area contributed by atoms with Gasteiger partial charge in [0.05, 0.1) is 0 Å². The predicted octanol–water partition coefficient (Wildman–Crippen LogP) is 4.89. The Morgan fingerprint density at radius 3 is 0.652 bits per heavy atom. The molecule has 0 radical (unpaired) electrons. The molecule has 5 heteroatoms. The van der Waals surface area contributed by atoms with Gasteiger partial charge in [0.2, 0.25) is 0 Å². The molecule has 23 heavy (non-hydrogen) atoms. The van der Waals surface area contributed by atoms with Crippen LogP contribution in [0.4, 0.5) is 0 Å². The van der Waals surface area contributed by atoms with Gasteiger partial charge in [0.15, 0.2) is 0 Å². The fourth-order valence-electron chi connectivity index (χ4n) is 1.28. The molecular formula is C18H20CeNO3-. The van der Waals surface area contributed by atoms with E-state index in [1.165, 1.54) is 0 Å². The number of phenolic OH excluding ortho intramolecular Hbond substituents is 3. The maximum atomic E-state index is 8.63. The summed E-state index contributed by atoms with van der Waals surface area (Å²) in [4.78, 5) is 0. The summed E-state index contributed by atoms with van der Waals surface area (Å²) in [6.45, 7) is 0. The number of aromatic hydroxyl groups is 3. The van der Waals surface area contributed by atoms with Crippen molar-refractivity contribution in [3.05, 3.63) is 97.1 Å². The standard InChI is InChI=1S/3C6H6O.Ce.H2N/c3*7-6-4-2-1-3-5-6;;/h3*1-5,7H;;1H2/q;;;;-1. The Morgan fingerprint density at radius 1 is 0.391 bits per heavy atom. The summed E-state index contributed by atoms with van der Waals surface area (Å²) in [5.74, 6) is 0.965. The monoisotopic (exact) mass is 438 g/mol. The van der Waals surface area contributed by atoms with E-state index >= 15 is 0 Å². The van der Waals surface area contributed by atoms with Crippen molar-refractivity contribution in [1.29, 1.82) is 0 Å². The zero-order valence-electron chi connectivity index (χ0n) is 12.6. The third kappa shape index (κ3) is 13.8. The van der Waals surface area contributed by atoms with Crippen molar-refractivity contribution in [1.82, 2.24) is 0 Å². The maximum Gasteiger partial charge on any atom is 0.115 e. The molecule has 3 aromatic carbocycles. The van der Waals surface area contributed by atoms with E-state index < -0.39 is 0 Å². The van der Waals surface area contributed by atoms with Crippen LogP contribution in [0.15, 0.2) is 91.0 Å². The van der Waals surface area contributed by atoms with Gasteiger partial charge < -0.3 is 21.5 Å². The summed E-state index contributed by atoms with van der Waals surface area (Å²) >= 11 is 0. The van der Waals surface area contributed by atoms with Crippen LogP contribution in [0.2, 0.25) is 0 Å². The Bertz CT molecular complexity index is 503. The molecule has 0 aliphatic heterocycles. The molecule has 3 aromatic rings. The van der Waals surface area contributed by atoms with Crippen LogP contribution < -0.4 is 0 Å². The first-order chi connectivity index (χ1) is 10.2. The van der Waals surface area contributed by atoms with Crippen LogP contribution in [0.25, 0.3) is 6.15 Å². The number of benzene rings is 3. The second kappa shape index (κ2) is 15.3. The quantitative estimate of drug-likeness (QED) is 0.466. The molecule has 5 N–H and O–H groups in total. The topological polar surface area (TPSA) is 94.2 Å². The second-order valence-electron chi connectivity index (χ2n) is 4.01. The van der Waals surface area contributed by atoms with E-state index in [-0.39, 0.29) is 47.9 Å². The Kier molecular flexibility index (Phi) is 15.7. The molecule has 0 saturated heterocycles. The van der Waals surface area contributed by atoms with E-state index in [4.69, 9.17) is 15.3 Å². The summed E-state index contributed by atoms with van der Waals surface area (Å²) in [7, 11) is 0. The van der Waals surface area contributed by atoms with E-state index in [2.05, 4.69) is 0 Å². The molecular weight excluding hydrogens is 418 g/mol. The largest absolute Gasteiger partial charge is 0.693 e. The Labute approximate surface area is 170 Å². The second-order valence-corrected chi connectivity index (χ2v) is 4.01. The van der Waals surface area contributed by atoms with Crippen molar-refractivity contribution in [2.24, 2.45) is 0 Å². The van der Waals surface area contributed by atoms with Crippen LogP contribution in [0.3, 0.4) is 0 Å². The molecule has 0 atom stereocenters. The molecule has 0 aliphatic rings. The molecule has 0 spiro atoms. The van der Waals surface area contributed by atoms with Crippen LogP contribution in [0.1, 0.15) is 0 Å². The van der Waals surface area contributed by atoms with E-state index in [1.54, 1.807) is 72.8 Å². The van der Waals surface area contributed by atoms with E-state index in [1.807, 2.05) is 18.2 Å². The summed E-state index contributed by atoms with van der Waals surface area (Å²) < 4.78 is 0. The smallest absolute Gasteiger partial charge is 0.115 e. The van der Waals surface area contributed by atoms with Crippen molar-refractivity contribution >= 4 is 0 Å². The van der Waals surface area contributed by atoms with Gasteiger partial charge in [-0.25, -0.2) is 0 Å². The summed E-state index contributed by atoms with van der Waals surface area (Å²) in [5, 5.41) is 25.9. The molecule has 120 valence electrons. The van der Waals surface area contributed by atoms with E-state index in [9.17, 15) is 0 Å². The molecule has 0 aliphatic carbocycles. The van der Waals surface area contributed by atoms with E-state index in [0.717, 1.165) is 0 Å². The van der Waals surface area contributed by atoms with Gasteiger partial charge in [-0.3, -0.25) is 0 Å². The average Bonchev–Trinajstić information content (AvgIpc) is 2.51. The molecule has 0 aromatic heterocycles. The zero-order chi connectivity index (χ0) is 15.3. The Balaban J connectivity index is 0. The van der Waals surface area contributed by atoms with Crippen LogP contribution in [0, 0.1) is 41.7 Å². The van der Waals surface area contributed by atoms with Gasteiger partial charge in [-0.15, -0.1) is 0 Å². The first-order valence-electron chi connectivity index (χ1n) is 6.40. The van der Waals surface area contributed by atoms with Gasteiger partial charge >= 0.3 is 0 Å². The summed E-state index contributed by atoms with van der Waals surface area (Å²) in [6, 6.07) is 26.1. The third-order valence-corrected chi connectivity index (χ3v) is 2.27. The van der Waals surface area contributed by atoms with Crippen LogP contribution in [-0.2, 0) is 0 Å². The normalized spacial score (nSPS) is 7.83. The van der Waals surface area contributed by atoms with Crippen LogP contribution in [0.5, 0.6) is 17.2 Å². The van der Waals surface area contributed by atoms with Crippen LogP contribution >= 0.6 is 0 Å². The number of hydrogen-bond donors (Lipinski definition) is 3. The van der Waals surface area contributed by atoms with Gasteiger partial charge in [0.25, 0.3) is 0 Å². The van der Waals surface area contributed by atoms with Crippen LogP contribution in [-0.4, -0.2) is 15.3 Å². The minimum absolute atomic E-state index is 0. The zero-order valence-corrected chi connectivity index (χ0v) is 15.7. The van der Waals surface area contributed by atoms with Gasteiger partial charge in [0, 0.05) is 41.7 Å². The minimum atomic E-state index is 0. The van der Waals surface area contributed by atoms with Crippen molar-refractivity contribution in [3.63, 3.8) is 0 Å². The Morgan fingerprint density at radius 2 is 0.565 bits per heavy atom. The molecule has 4 nitrogen and oxygen atoms in total. The van der Waals surface area contributed by atoms with Gasteiger partial charge in [-0.2, -0.15) is 0 Å². The third-order valence-electron chi connectivity index (χ3n) is 2.27. The predicted molar refractivity (Wildman–Crippen MR) is 89.6 cm³/mol. The Hall–Kier alpha value is -1.60. The van der Waals surface area contributed by atoms with Crippen molar-refractivity contribution in [2.45, 2.75) is 0 Å². The fourth-order valence-corrected chi connectivity index (χ4v) is 1.28. The molecule has 0 unspecified atom stereocenters. The molecule has 0 bridgehead atoms. The molecule has 0 heterocycles. The maximum absolute atomic E-state index is 8.63. The summed E-state index contributed by atoms with van der Waals surface area (Å²) in [5.41, 5.74) is 0. The SMILES string of the molecule is Oc1ccccc1.Oc1ccccc1.Oc1ccccc1.[Ce].[NH2-]. The number of nitrogens with two attached hydrogens (primary N) is 1.